The Bertz CT molecular complexity index is 398. The molecule has 0 bridgehead atoms. The van der Waals surface area contributed by atoms with E-state index in [2.05, 4.69) is 24.3 Å². The molecule has 0 atom stereocenters. The zero-order chi connectivity index (χ0) is 14.3. The summed E-state index contributed by atoms with van der Waals surface area (Å²) in [6.45, 7) is 5.66. The van der Waals surface area contributed by atoms with E-state index in [1.165, 1.54) is 0 Å². The molecule has 0 saturated carbocycles. The van der Waals surface area contributed by atoms with Gasteiger partial charge in [-0.15, -0.1) is 0 Å². The molecule has 0 aliphatic rings. The lowest BCUT2D eigenvalue weighted by molar-refractivity contribution is -0.121. The van der Waals surface area contributed by atoms with Crippen molar-refractivity contribution in [2.45, 2.75) is 39.5 Å². The molecule has 1 aromatic rings. The molecular weight excluding hydrogens is 240 g/mol. The smallest absolute Gasteiger partial charge is 0.220 e. The third-order valence-corrected chi connectivity index (χ3v) is 3.34. The minimum absolute atomic E-state index is 0.119. The quantitative estimate of drug-likeness (QED) is 0.743. The van der Waals surface area contributed by atoms with Gasteiger partial charge in [0.1, 0.15) is 0 Å². The molecular formula is C14H26N4O. The molecule has 0 aliphatic carbocycles. The Morgan fingerprint density at radius 1 is 1.47 bits per heavy atom. The Labute approximate surface area is 115 Å². The number of nitrogens with zero attached hydrogens (tertiary/aromatic N) is 2. The SMILES string of the molecule is Cn1cc(CCNC(=O)CCC(C)(C)CCN)cn1. The zero-order valence-electron chi connectivity index (χ0n) is 12.3. The molecule has 5 nitrogen and oxygen atoms in total. The van der Waals surface area contributed by atoms with Crippen LogP contribution < -0.4 is 11.1 Å². The summed E-state index contributed by atoms with van der Waals surface area (Å²) in [6.07, 6.45) is 7.03. The van der Waals surface area contributed by atoms with Crippen LogP contribution in [0.25, 0.3) is 0 Å². The summed E-state index contributed by atoms with van der Waals surface area (Å²) in [5.74, 6) is 0.119. The van der Waals surface area contributed by atoms with Crippen LogP contribution in [0.4, 0.5) is 0 Å². The molecule has 0 saturated heterocycles. The maximum absolute atomic E-state index is 11.7. The Kier molecular flexibility index (Phi) is 6.02. The molecule has 108 valence electrons. The molecule has 3 N–H and O–H groups in total. The predicted molar refractivity (Wildman–Crippen MR) is 76.6 cm³/mol. The minimum atomic E-state index is 0.119. The van der Waals surface area contributed by atoms with Gasteiger partial charge in [-0.05, 0) is 36.8 Å². The molecule has 1 aromatic heterocycles. The second-order valence-corrected chi connectivity index (χ2v) is 5.83. The summed E-state index contributed by atoms with van der Waals surface area (Å²) < 4.78 is 1.77. The number of hydrogen-bond acceptors (Lipinski definition) is 3. The first-order valence-corrected chi connectivity index (χ1v) is 6.87. The fourth-order valence-corrected chi connectivity index (χ4v) is 2.00. The molecule has 0 spiro atoms. The van der Waals surface area contributed by atoms with Gasteiger partial charge in [0.15, 0.2) is 0 Å². The largest absolute Gasteiger partial charge is 0.356 e. The molecule has 1 amide bonds. The highest BCUT2D eigenvalue weighted by molar-refractivity contribution is 5.75. The average Bonchev–Trinajstić information content (AvgIpc) is 2.73. The van der Waals surface area contributed by atoms with E-state index in [0.29, 0.717) is 19.5 Å². The lowest BCUT2D eigenvalue weighted by Gasteiger charge is -2.23. The first-order valence-electron chi connectivity index (χ1n) is 6.87. The van der Waals surface area contributed by atoms with Gasteiger partial charge in [0, 0.05) is 26.2 Å². The van der Waals surface area contributed by atoms with Crippen LogP contribution in [0.3, 0.4) is 0 Å². The maximum atomic E-state index is 11.7. The van der Waals surface area contributed by atoms with E-state index in [4.69, 9.17) is 5.73 Å². The highest BCUT2D eigenvalue weighted by Gasteiger charge is 2.18. The van der Waals surface area contributed by atoms with E-state index in [0.717, 1.165) is 24.8 Å². The molecule has 5 heteroatoms. The Hall–Kier alpha value is -1.36. The van der Waals surface area contributed by atoms with Crippen molar-refractivity contribution in [3.8, 4) is 0 Å². The fourth-order valence-electron chi connectivity index (χ4n) is 2.00. The van der Waals surface area contributed by atoms with Gasteiger partial charge in [-0.25, -0.2) is 0 Å². The van der Waals surface area contributed by atoms with E-state index < -0.39 is 0 Å². The van der Waals surface area contributed by atoms with E-state index >= 15 is 0 Å². The first kappa shape index (κ1) is 15.7. The van der Waals surface area contributed by atoms with Crippen molar-refractivity contribution < 1.29 is 4.79 Å². The minimum Gasteiger partial charge on any atom is -0.356 e. The van der Waals surface area contributed by atoms with Gasteiger partial charge >= 0.3 is 0 Å². The van der Waals surface area contributed by atoms with Gasteiger partial charge in [0.25, 0.3) is 0 Å². The predicted octanol–water partition coefficient (Wildman–Crippen LogP) is 1.23. The van der Waals surface area contributed by atoms with Crippen molar-refractivity contribution in [3.63, 3.8) is 0 Å². The molecule has 0 aliphatic heterocycles. The van der Waals surface area contributed by atoms with Crippen LogP contribution in [-0.2, 0) is 18.3 Å². The Morgan fingerprint density at radius 3 is 2.79 bits per heavy atom. The van der Waals surface area contributed by atoms with E-state index in [-0.39, 0.29) is 11.3 Å². The molecule has 0 fully saturated rings. The summed E-state index contributed by atoms with van der Waals surface area (Å²) in [5.41, 5.74) is 6.85. The molecule has 19 heavy (non-hydrogen) atoms. The average molecular weight is 266 g/mol. The van der Waals surface area contributed by atoms with Crippen LogP contribution in [0.2, 0.25) is 0 Å². The lowest BCUT2D eigenvalue weighted by Crippen LogP contribution is -2.27. The number of aryl methyl sites for hydroxylation is 1. The van der Waals surface area contributed by atoms with Crippen molar-refractivity contribution >= 4 is 5.91 Å². The van der Waals surface area contributed by atoms with Gasteiger partial charge in [0.2, 0.25) is 5.91 Å². The number of aromatic nitrogens is 2. The Morgan fingerprint density at radius 2 is 2.21 bits per heavy atom. The number of nitrogens with two attached hydrogens (primary N) is 1. The van der Waals surface area contributed by atoms with E-state index in [9.17, 15) is 4.79 Å². The number of amides is 1. The van der Waals surface area contributed by atoms with Crippen LogP contribution in [0, 0.1) is 5.41 Å². The maximum Gasteiger partial charge on any atom is 0.220 e. The number of hydrogen-bond donors (Lipinski definition) is 2. The summed E-state index contributed by atoms with van der Waals surface area (Å²) in [7, 11) is 1.89. The van der Waals surface area contributed by atoms with Gasteiger partial charge in [-0.1, -0.05) is 13.8 Å². The molecule has 0 unspecified atom stereocenters. The van der Waals surface area contributed by atoms with Crippen molar-refractivity contribution in [3.05, 3.63) is 18.0 Å². The molecule has 1 heterocycles. The van der Waals surface area contributed by atoms with Crippen molar-refractivity contribution in [1.82, 2.24) is 15.1 Å². The summed E-state index contributed by atoms with van der Waals surface area (Å²) in [5, 5.41) is 7.04. The number of nitrogens with one attached hydrogen (secondary N) is 1. The van der Waals surface area contributed by atoms with Gasteiger partial charge < -0.3 is 11.1 Å². The normalized spacial score (nSPS) is 11.6. The second kappa shape index (κ2) is 7.28. The van der Waals surface area contributed by atoms with Gasteiger partial charge in [-0.2, -0.15) is 5.10 Å². The van der Waals surface area contributed by atoms with E-state index in [1.807, 2.05) is 19.4 Å². The van der Waals surface area contributed by atoms with Crippen molar-refractivity contribution in [2.24, 2.45) is 18.2 Å². The van der Waals surface area contributed by atoms with Crippen LogP contribution in [0.1, 0.15) is 38.7 Å². The fraction of sp³-hybridized carbons (Fsp3) is 0.714. The first-order chi connectivity index (χ1) is 8.93. The number of rotatable bonds is 8. The third kappa shape index (κ3) is 6.38. The number of carbonyl (C=O) groups excluding carboxylic acids is 1. The lowest BCUT2D eigenvalue weighted by atomic mass is 9.84. The van der Waals surface area contributed by atoms with Crippen molar-refractivity contribution in [1.29, 1.82) is 0 Å². The van der Waals surface area contributed by atoms with Crippen LogP contribution in [0.15, 0.2) is 12.4 Å². The highest BCUT2D eigenvalue weighted by atomic mass is 16.1. The summed E-state index contributed by atoms with van der Waals surface area (Å²) >= 11 is 0. The molecule has 1 rings (SSSR count). The highest BCUT2D eigenvalue weighted by Crippen LogP contribution is 2.25. The van der Waals surface area contributed by atoms with E-state index in [1.54, 1.807) is 4.68 Å². The Balaban J connectivity index is 2.18. The molecule has 0 aromatic carbocycles. The number of carbonyl (C=O) groups is 1. The third-order valence-electron chi connectivity index (χ3n) is 3.34. The van der Waals surface area contributed by atoms with Crippen molar-refractivity contribution in [2.75, 3.05) is 13.1 Å². The molecule has 0 radical (unpaired) electrons. The monoisotopic (exact) mass is 266 g/mol. The van der Waals surface area contributed by atoms with Crippen LogP contribution in [0.5, 0.6) is 0 Å². The van der Waals surface area contributed by atoms with Crippen LogP contribution >= 0.6 is 0 Å². The second-order valence-electron chi connectivity index (χ2n) is 5.83. The zero-order valence-corrected chi connectivity index (χ0v) is 12.3. The standard InChI is InChI=1S/C14H26N4O/c1-14(2,7-8-15)6-4-13(19)16-9-5-12-10-17-18(3)11-12/h10-11H,4-9,15H2,1-3H3,(H,16,19). The van der Waals surface area contributed by atoms with Gasteiger partial charge in [0.05, 0.1) is 6.20 Å². The topological polar surface area (TPSA) is 72.9 Å². The van der Waals surface area contributed by atoms with Crippen LogP contribution in [-0.4, -0.2) is 28.8 Å². The summed E-state index contributed by atoms with van der Waals surface area (Å²) in [6, 6.07) is 0. The van der Waals surface area contributed by atoms with Gasteiger partial charge in [-0.3, -0.25) is 9.48 Å². The summed E-state index contributed by atoms with van der Waals surface area (Å²) in [4.78, 5) is 11.7.